The summed E-state index contributed by atoms with van der Waals surface area (Å²) in [5, 5.41) is 21.1. The van der Waals surface area contributed by atoms with Gasteiger partial charge in [0.2, 0.25) is 5.13 Å². The molecule has 0 bridgehead atoms. The van der Waals surface area contributed by atoms with Crippen molar-refractivity contribution >= 4 is 33.9 Å². The lowest BCUT2D eigenvalue weighted by Gasteiger charge is -2.11. The van der Waals surface area contributed by atoms with Gasteiger partial charge in [-0.25, -0.2) is 0 Å². The van der Waals surface area contributed by atoms with Gasteiger partial charge in [-0.15, -0.1) is 10.2 Å². The Morgan fingerprint density at radius 1 is 1.38 bits per heavy atom. The summed E-state index contributed by atoms with van der Waals surface area (Å²) in [5.41, 5.74) is 3.64. The molecule has 0 unspecified atom stereocenters. The molecule has 0 saturated heterocycles. The number of nitrogens with one attached hydrogen (secondary N) is 1. The summed E-state index contributed by atoms with van der Waals surface area (Å²) in [6, 6.07) is 8.46. The first-order chi connectivity index (χ1) is 10.2. The van der Waals surface area contributed by atoms with Crippen LogP contribution in [0.25, 0.3) is 0 Å². The molecule has 0 spiro atoms. The van der Waals surface area contributed by atoms with E-state index in [1.807, 2.05) is 0 Å². The van der Waals surface area contributed by atoms with Gasteiger partial charge in [-0.2, -0.15) is 5.26 Å². The van der Waals surface area contributed by atoms with Crippen molar-refractivity contribution < 1.29 is 0 Å². The fourth-order valence-corrected chi connectivity index (χ4v) is 3.70. The summed E-state index contributed by atoms with van der Waals surface area (Å²) in [7, 11) is 0. The van der Waals surface area contributed by atoms with Crippen LogP contribution in [0.4, 0.5) is 10.8 Å². The van der Waals surface area contributed by atoms with Crippen LogP contribution in [0.2, 0.25) is 0 Å². The predicted molar refractivity (Wildman–Crippen MR) is 89.3 cm³/mol. The van der Waals surface area contributed by atoms with Crippen molar-refractivity contribution in [3.63, 3.8) is 0 Å². The summed E-state index contributed by atoms with van der Waals surface area (Å²) < 4.78 is 0.946. The summed E-state index contributed by atoms with van der Waals surface area (Å²) in [6.07, 6.45) is 2.47. The second kappa shape index (κ2) is 8.01. The third-order valence-electron chi connectivity index (χ3n) is 3.04. The number of thioether (sulfide) groups is 1. The molecule has 21 heavy (non-hydrogen) atoms. The number of nitrogens with zero attached hydrogens (tertiary/aromatic N) is 3. The van der Waals surface area contributed by atoms with Gasteiger partial charge >= 0.3 is 0 Å². The normalized spacial score (nSPS) is 10.3. The van der Waals surface area contributed by atoms with Crippen LogP contribution in [0.5, 0.6) is 0 Å². The highest BCUT2D eigenvalue weighted by Crippen LogP contribution is 2.30. The molecule has 1 aromatic carbocycles. The lowest BCUT2D eigenvalue weighted by atomic mass is 10.1. The van der Waals surface area contributed by atoms with Crippen molar-refractivity contribution in [3.8, 4) is 6.07 Å². The molecule has 0 atom stereocenters. The second-order valence-corrected chi connectivity index (χ2v) is 6.89. The van der Waals surface area contributed by atoms with Crippen molar-refractivity contribution in [1.29, 1.82) is 5.26 Å². The maximum atomic E-state index is 8.51. The maximum absolute atomic E-state index is 8.51. The molecule has 1 heterocycles. The molecule has 110 valence electrons. The second-order valence-electron chi connectivity index (χ2n) is 4.57. The highest BCUT2D eigenvalue weighted by molar-refractivity contribution is 8.01. The molecule has 2 aromatic rings. The number of unbranched alkanes of at least 4 members (excludes halogenated alkanes) is 1. The van der Waals surface area contributed by atoms with Gasteiger partial charge in [-0.3, -0.25) is 0 Å². The Morgan fingerprint density at radius 2 is 2.24 bits per heavy atom. The highest BCUT2D eigenvalue weighted by Gasteiger charge is 2.09. The average molecular weight is 318 g/mol. The number of para-hydroxylation sites is 1. The molecule has 0 aliphatic rings. The van der Waals surface area contributed by atoms with Crippen molar-refractivity contribution in [2.24, 2.45) is 0 Å². The maximum Gasteiger partial charge on any atom is 0.210 e. The van der Waals surface area contributed by atoms with E-state index in [1.54, 1.807) is 23.1 Å². The summed E-state index contributed by atoms with van der Waals surface area (Å²) >= 11 is 3.22. The summed E-state index contributed by atoms with van der Waals surface area (Å²) in [6.45, 7) is 4.25. The first-order valence-corrected chi connectivity index (χ1v) is 8.73. The minimum Gasteiger partial charge on any atom is -0.330 e. The zero-order valence-corrected chi connectivity index (χ0v) is 13.9. The Bertz CT molecular complexity index is 631. The third-order valence-corrected chi connectivity index (χ3v) is 5.10. The molecule has 2 rings (SSSR count). The quantitative estimate of drug-likeness (QED) is 0.599. The Morgan fingerprint density at radius 3 is 3.00 bits per heavy atom. The largest absolute Gasteiger partial charge is 0.330 e. The Hall–Kier alpha value is -1.58. The Balaban J connectivity index is 2.01. The Labute approximate surface area is 133 Å². The fraction of sp³-hybridized carbons (Fsp3) is 0.400. The molecule has 0 aliphatic heterocycles. The molecule has 0 amide bonds. The van der Waals surface area contributed by atoms with Crippen LogP contribution in [-0.2, 0) is 6.42 Å². The van der Waals surface area contributed by atoms with E-state index in [4.69, 9.17) is 5.26 Å². The van der Waals surface area contributed by atoms with Crippen LogP contribution < -0.4 is 5.32 Å². The van der Waals surface area contributed by atoms with Crippen LogP contribution in [0.15, 0.2) is 22.5 Å². The van der Waals surface area contributed by atoms with Crippen molar-refractivity contribution in [3.05, 3.63) is 29.3 Å². The number of hydrogen-bond acceptors (Lipinski definition) is 6. The van der Waals surface area contributed by atoms with Crippen molar-refractivity contribution in [2.45, 2.75) is 37.4 Å². The monoisotopic (exact) mass is 318 g/mol. The van der Waals surface area contributed by atoms with E-state index in [0.717, 1.165) is 33.8 Å². The van der Waals surface area contributed by atoms with Crippen LogP contribution in [0.1, 0.15) is 30.9 Å². The molecular weight excluding hydrogens is 300 g/mol. The number of benzene rings is 1. The highest BCUT2D eigenvalue weighted by atomic mass is 32.2. The first kappa shape index (κ1) is 15.8. The van der Waals surface area contributed by atoms with Crippen LogP contribution >= 0.6 is 23.1 Å². The topological polar surface area (TPSA) is 61.6 Å². The molecule has 0 saturated carbocycles. The molecule has 1 aromatic heterocycles. The predicted octanol–water partition coefficient (Wildman–Crippen LogP) is 4.55. The van der Waals surface area contributed by atoms with E-state index in [2.05, 4.69) is 53.6 Å². The Kier molecular flexibility index (Phi) is 6.03. The van der Waals surface area contributed by atoms with Crippen LogP contribution in [-0.4, -0.2) is 16.0 Å². The number of anilines is 2. The zero-order chi connectivity index (χ0) is 15.1. The number of aryl methyl sites for hydroxylation is 2. The van der Waals surface area contributed by atoms with Gasteiger partial charge in [0.15, 0.2) is 4.34 Å². The van der Waals surface area contributed by atoms with Crippen LogP contribution in [0.3, 0.4) is 0 Å². The van der Waals surface area contributed by atoms with Crippen molar-refractivity contribution in [1.82, 2.24) is 10.2 Å². The van der Waals surface area contributed by atoms with Gasteiger partial charge in [0, 0.05) is 17.9 Å². The smallest absolute Gasteiger partial charge is 0.210 e. The van der Waals surface area contributed by atoms with Gasteiger partial charge in [-0.05, 0) is 30.9 Å². The van der Waals surface area contributed by atoms with E-state index >= 15 is 0 Å². The lowest BCUT2D eigenvalue weighted by molar-refractivity contribution is 0.971. The first-order valence-electron chi connectivity index (χ1n) is 6.93. The summed E-state index contributed by atoms with van der Waals surface area (Å²) in [5.74, 6) is 0.909. The molecule has 0 radical (unpaired) electrons. The van der Waals surface area contributed by atoms with E-state index in [-0.39, 0.29) is 0 Å². The van der Waals surface area contributed by atoms with E-state index in [9.17, 15) is 0 Å². The minimum atomic E-state index is 0.597. The van der Waals surface area contributed by atoms with Crippen molar-refractivity contribution in [2.75, 3.05) is 11.1 Å². The molecular formula is C15H18N4S2. The number of aromatic nitrogens is 2. The lowest BCUT2D eigenvalue weighted by Crippen LogP contribution is -1.97. The summed E-state index contributed by atoms with van der Waals surface area (Å²) in [4.78, 5) is 0. The molecule has 4 nitrogen and oxygen atoms in total. The van der Waals surface area contributed by atoms with Gasteiger partial charge < -0.3 is 5.32 Å². The fourth-order valence-electron chi connectivity index (χ4n) is 1.94. The number of rotatable bonds is 7. The molecule has 0 aliphatic carbocycles. The number of hydrogen-bond donors (Lipinski definition) is 1. The SMILES string of the molecule is CCc1cccc(C)c1Nc1nnc(SCCCC#N)s1. The van der Waals surface area contributed by atoms with E-state index < -0.39 is 0 Å². The van der Waals surface area contributed by atoms with Gasteiger partial charge in [-0.1, -0.05) is 48.2 Å². The van der Waals surface area contributed by atoms with Crippen LogP contribution in [0, 0.1) is 18.3 Å². The van der Waals surface area contributed by atoms with Gasteiger partial charge in [0.1, 0.15) is 0 Å². The van der Waals surface area contributed by atoms with Gasteiger partial charge in [0.25, 0.3) is 0 Å². The number of nitriles is 1. The van der Waals surface area contributed by atoms with E-state index in [1.165, 1.54) is 11.1 Å². The molecule has 0 fully saturated rings. The third kappa shape index (κ3) is 4.45. The average Bonchev–Trinajstić information content (AvgIpc) is 2.93. The molecule has 6 heteroatoms. The van der Waals surface area contributed by atoms with Gasteiger partial charge in [0.05, 0.1) is 6.07 Å². The minimum absolute atomic E-state index is 0.597. The van der Waals surface area contributed by atoms with E-state index in [0.29, 0.717) is 6.42 Å². The zero-order valence-electron chi connectivity index (χ0n) is 12.2. The standard InChI is InChI=1S/C15H18N4S2/c1-3-12-8-6-7-11(2)13(12)17-14-18-19-15(21-14)20-10-5-4-9-16/h6-8H,3-5,10H2,1-2H3,(H,17,18). The molecule has 1 N–H and O–H groups in total.